The predicted octanol–water partition coefficient (Wildman–Crippen LogP) is 1.83. The summed E-state index contributed by atoms with van der Waals surface area (Å²) in [6.45, 7) is 1.81. The predicted molar refractivity (Wildman–Crippen MR) is 49.4 cm³/mol. The zero-order chi connectivity index (χ0) is 9.26. The molecular formula is C8H7ClN4. The Balaban J connectivity index is 2.46. The average Bonchev–Trinajstić information content (AvgIpc) is 2.52. The van der Waals surface area contributed by atoms with Crippen LogP contribution in [0, 0.1) is 6.92 Å². The molecule has 1 N–H and O–H groups in total. The Morgan fingerprint density at radius 2 is 2.31 bits per heavy atom. The molecule has 0 aliphatic carbocycles. The van der Waals surface area contributed by atoms with Gasteiger partial charge in [0.15, 0.2) is 5.82 Å². The van der Waals surface area contributed by atoms with Crippen molar-refractivity contribution in [3.8, 4) is 11.5 Å². The van der Waals surface area contributed by atoms with E-state index in [1.165, 1.54) is 0 Å². The van der Waals surface area contributed by atoms with Crippen molar-refractivity contribution in [3.63, 3.8) is 0 Å². The molecule has 0 aliphatic heterocycles. The van der Waals surface area contributed by atoms with Crippen LogP contribution in [0.4, 0.5) is 0 Å². The zero-order valence-electron chi connectivity index (χ0n) is 6.95. The van der Waals surface area contributed by atoms with Crippen molar-refractivity contribution < 1.29 is 0 Å². The normalized spacial score (nSPS) is 10.3. The van der Waals surface area contributed by atoms with E-state index in [4.69, 9.17) is 11.6 Å². The van der Waals surface area contributed by atoms with Crippen LogP contribution in [0.3, 0.4) is 0 Å². The van der Waals surface area contributed by atoms with Gasteiger partial charge in [0, 0.05) is 11.2 Å². The fourth-order valence-electron chi connectivity index (χ4n) is 0.994. The van der Waals surface area contributed by atoms with Gasteiger partial charge >= 0.3 is 0 Å². The zero-order valence-corrected chi connectivity index (χ0v) is 7.71. The highest BCUT2D eigenvalue weighted by molar-refractivity contribution is 6.30. The summed E-state index contributed by atoms with van der Waals surface area (Å²) in [5.41, 5.74) is 0.702. The van der Waals surface area contributed by atoms with Crippen LogP contribution in [0.5, 0.6) is 0 Å². The maximum atomic E-state index is 5.80. The second-order valence-corrected chi connectivity index (χ2v) is 3.03. The highest BCUT2D eigenvalue weighted by atomic mass is 35.5. The molecule has 0 spiro atoms. The van der Waals surface area contributed by atoms with E-state index in [0.717, 1.165) is 0 Å². The molecule has 0 saturated carbocycles. The summed E-state index contributed by atoms with van der Waals surface area (Å²) in [4.78, 5) is 8.24. The van der Waals surface area contributed by atoms with E-state index < -0.39 is 0 Å². The number of rotatable bonds is 1. The Morgan fingerprint density at radius 3 is 2.92 bits per heavy atom. The maximum Gasteiger partial charge on any atom is 0.174 e. The quantitative estimate of drug-likeness (QED) is 0.754. The minimum atomic E-state index is 0.638. The van der Waals surface area contributed by atoms with Gasteiger partial charge in [0.2, 0.25) is 0 Å². The highest BCUT2D eigenvalue weighted by Crippen LogP contribution is 2.15. The number of hydrogen-bond acceptors (Lipinski definition) is 3. The van der Waals surface area contributed by atoms with Gasteiger partial charge in [0.05, 0.1) is 0 Å². The van der Waals surface area contributed by atoms with E-state index in [1.807, 2.05) is 6.92 Å². The molecule has 2 heterocycles. The molecule has 0 saturated heterocycles. The Morgan fingerprint density at radius 1 is 1.46 bits per heavy atom. The van der Waals surface area contributed by atoms with Crippen LogP contribution in [0.1, 0.15) is 5.82 Å². The first kappa shape index (κ1) is 8.19. The van der Waals surface area contributed by atoms with Crippen molar-refractivity contribution in [3.05, 3.63) is 29.2 Å². The minimum absolute atomic E-state index is 0.638. The Bertz CT molecular complexity index is 424. The molecule has 0 aliphatic rings. The summed E-state index contributed by atoms with van der Waals surface area (Å²) in [5, 5.41) is 7.31. The van der Waals surface area contributed by atoms with Crippen molar-refractivity contribution in [2.75, 3.05) is 0 Å². The smallest absolute Gasteiger partial charge is 0.174 e. The lowest BCUT2D eigenvalue weighted by molar-refractivity contribution is 1.04. The van der Waals surface area contributed by atoms with Gasteiger partial charge in [-0.15, -0.1) is 0 Å². The summed E-state index contributed by atoms with van der Waals surface area (Å²) < 4.78 is 0. The molecular weight excluding hydrogens is 188 g/mol. The molecule has 13 heavy (non-hydrogen) atoms. The van der Waals surface area contributed by atoms with E-state index in [2.05, 4.69) is 20.2 Å². The van der Waals surface area contributed by atoms with Crippen LogP contribution in [0.15, 0.2) is 18.3 Å². The van der Waals surface area contributed by atoms with Gasteiger partial charge in [0.25, 0.3) is 0 Å². The van der Waals surface area contributed by atoms with Gasteiger partial charge in [0.1, 0.15) is 11.5 Å². The number of halogens is 1. The van der Waals surface area contributed by atoms with Crippen molar-refractivity contribution in [1.82, 2.24) is 20.2 Å². The number of hydrogen-bond donors (Lipinski definition) is 1. The first-order chi connectivity index (χ1) is 6.25. The van der Waals surface area contributed by atoms with E-state index >= 15 is 0 Å². The Hall–Kier alpha value is -1.42. The van der Waals surface area contributed by atoms with Gasteiger partial charge in [-0.25, -0.2) is 4.98 Å². The van der Waals surface area contributed by atoms with Crippen molar-refractivity contribution in [2.45, 2.75) is 6.92 Å². The van der Waals surface area contributed by atoms with Gasteiger partial charge < -0.3 is 0 Å². The number of aromatic amines is 1. The van der Waals surface area contributed by atoms with E-state index in [0.29, 0.717) is 22.4 Å². The first-order valence-corrected chi connectivity index (χ1v) is 4.14. The largest absolute Gasteiger partial charge is 0.258 e. The van der Waals surface area contributed by atoms with Crippen LogP contribution < -0.4 is 0 Å². The van der Waals surface area contributed by atoms with Crippen molar-refractivity contribution in [1.29, 1.82) is 0 Å². The SMILES string of the molecule is Cc1n[nH]c(-c2cc(Cl)ccn2)n1. The summed E-state index contributed by atoms with van der Waals surface area (Å²) in [6.07, 6.45) is 1.63. The molecule has 2 rings (SSSR count). The number of pyridine rings is 1. The molecule has 0 amide bonds. The minimum Gasteiger partial charge on any atom is -0.258 e. The summed E-state index contributed by atoms with van der Waals surface area (Å²) in [6, 6.07) is 3.45. The monoisotopic (exact) mass is 194 g/mol. The third-order valence-corrected chi connectivity index (χ3v) is 1.80. The molecule has 2 aromatic heterocycles. The Kier molecular flexibility index (Phi) is 1.98. The second kappa shape index (κ2) is 3.14. The van der Waals surface area contributed by atoms with E-state index in [1.54, 1.807) is 18.3 Å². The average molecular weight is 195 g/mol. The number of nitrogens with zero attached hydrogens (tertiary/aromatic N) is 3. The summed E-state index contributed by atoms with van der Waals surface area (Å²) >= 11 is 5.80. The molecule has 0 atom stereocenters. The van der Waals surface area contributed by atoms with Gasteiger partial charge in [-0.3, -0.25) is 10.1 Å². The molecule has 66 valence electrons. The third kappa shape index (κ3) is 1.67. The van der Waals surface area contributed by atoms with Crippen LogP contribution in [-0.4, -0.2) is 20.2 Å². The molecule has 0 radical (unpaired) electrons. The first-order valence-electron chi connectivity index (χ1n) is 3.76. The van der Waals surface area contributed by atoms with Crippen molar-refractivity contribution in [2.24, 2.45) is 0 Å². The third-order valence-electron chi connectivity index (χ3n) is 1.56. The fraction of sp³-hybridized carbons (Fsp3) is 0.125. The van der Waals surface area contributed by atoms with E-state index in [-0.39, 0.29) is 0 Å². The lowest BCUT2D eigenvalue weighted by Gasteiger charge is -1.94. The lowest BCUT2D eigenvalue weighted by atomic mass is 10.3. The molecule has 0 bridgehead atoms. The molecule has 0 aromatic carbocycles. The number of aromatic nitrogens is 4. The van der Waals surface area contributed by atoms with Gasteiger partial charge in [-0.2, -0.15) is 5.10 Å². The number of aryl methyl sites for hydroxylation is 1. The fourth-order valence-corrected chi connectivity index (χ4v) is 1.15. The molecule has 0 fully saturated rings. The highest BCUT2D eigenvalue weighted by Gasteiger charge is 2.03. The number of nitrogens with one attached hydrogen (secondary N) is 1. The van der Waals surface area contributed by atoms with Gasteiger partial charge in [-0.1, -0.05) is 11.6 Å². The Labute approximate surface area is 80.0 Å². The van der Waals surface area contributed by atoms with E-state index in [9.17, 15) is 0 Å². The van der Waals surface area contributed by atoms with Crippen molar-refractivity contribution >= 4 is 11.6 Å². The van der Waals surface area contributed by atoms with Crippen LogP contribution in [0.25, 0.3) is 11.5 Å². The maximum absolute atomic E-state index is 5.80. The second-order valence-electron chi connectivity index (χ2n) is 2.59. The van der Waals surface area contributed by atoms with Crippen LogP contribution in [-0.2, 0) is 0 Å². The topological polar surface area (TPSA) is 54.5 Å². The molecule has 4 nitrogen and oxygen atoms in total. The van der Waals surface area contributed by atoms with Gasteiger partial charge in [-0.05, 0) is 19.1 Å². The number of H-pyrrole nitrogens is 1. The summed E-state index contributed by atoms with van der Waals surface area (Å²) in [7, 11) is 0. The lowest BCUT2D eigenvalue weighted by Crippen LogP contribution is -1.84. The van der Waals surface area contributed by atoms with Crippen LogP contribution >= 0.6 is 11.6 Å². The van der Waals surface area contributed by atoms with Crippen LogP contribution in [0.2, 0.25) is 5.02 Å². The molecule has 0 unspecified atom stereocenters. The standard InChI is InChI=1S/C8H7ClN4/c1-5-11-8(13-12-5)7-4-6(9)2-3-10-7/h2-4H,1H3,(H,11,12,13). The molecule has 5 heteroatoms. The molecule has 2 aromatic rings. The summed E-state index contributed by atoms with van der Waals surface area (Å²) in [5.74, 6) is 1.33.